The molecule has 0 saturated heterocycles. The van der Waals surface area contributed by atoms with Crippen molar-refractivity contribution in [2.24, 2.45) is 0 Å². The molecule has 1 rings (SSSR count). The second-order valence-electron chi connectivity index (χ2n) is 3.41. The van der Waals surface area contributed by atoms with Gasteiger partial charge in [0.05, 0.1) is 5.75 Å². The summed E-state index contributed by atoms with van der Waals surface area (Å²) >= 11 is 1.63. The van der Waals surface area contributed by atoms with Crippen LogP contribution in [0.3, 0.4) is 0 Å². The average molecular weight is 233 g/mol. The molecule has 1 N–H and O–H groups in total. The van der Waals surface area contributed by atoms with Crippen molar-refractivity contribution in [3.63, 3.8) is 0 Å². The molecular weight excluding hydrogens is 218 g/mol. The van der Waals surface area contributed by atoms with E-state index < -0.39 is 9.84 Å². The molecule has 0 aliphatic heterocycles. The maximum absolute atomic E-state index is 11.1. The summed E-state index contributed by atoms with van der Waals surface area (Å²) in [6.07, 6.45) is 2.04. The molecule has 0 radical (unpaired) electrons. The van der Waals surface area contributed by atoms with Gasteiger partial charge in [-0.25, -0.2) is 8.42 Å². The molecule has 0 amide bonds. The van der Waals surface area contributed by atoms with Crippen molar-refractivity contribution >= 4 is 21.2 Å². The number of hydrogen-bond acceptors (Lipinski definition) is 4. The van der Waals surface area contributed by atoms with Crippen molar-refractivity contribution in [1.29, 1.82) is 0 Å². The molecule has 14 heavy (non-hydrogen) atoms. The van der Waals surface area contributed by atoms with Crippen molar-refractivity contribution in [3.8, 4) is 0 Å². The lowest BCUT2D eigenvalue weighted by atomic mass is 10.1. The average Bonchev–Trinajstić information content (AvgIpc) is 2.53. The van der Waals surface area contributed by atoms with Gasteiger partial charge in [-0.1, -0.05) is 0 Å². The SMILES string of the molecule is CNC(Cc1ccsc1)CS(C)(=O)=O. The summed E-state index contributed by atoms with van der Waals surface area (Å²) in [5.74, 6) is 0.194. The zero-order valence-corrected chi connectivity index (χ0v) is 9.99. The third kappa shape index (κ3) is 4.21. The van der Waals surface area contributed by atoms with Gasteiger partial charge in [0, 0.05) is 12.3 Å². The van der Waals surface area contributed by atoms with Gasteiger partial charge in [0.15, 0.2) is 0 Å². The number of rotatable bonds is 5. The molecule has 0 spiro atoms. The van der Waals surface area contributed by atoms with Crippen LogP contribution in [0.5, 0.6) is 0 Å². The molecule has 0 bridgehead atoms. The number of sulfone groups is 1. The van der Waals surface area contributed by atoms with Crippen LogP contribution in [0.25, 0.3) is 0 Å². The largest absolute Gasteiger partial charge is 0.316 e. The Kier molecular flexibility index (Phi) is 4.10. The van der Waals surface area contributed by atoms with Crippen LogP contribution in [-0.2, 0) is 16.3 Å². The molecular formula is C9H15NO2S2. The van der Waals surface area contributed by atoms with Crippen LogP contribution in [0.4, 0.5) is 0 Å². The summed E-state index contributed by atoms with van der Waals surface area (Å²) < 4.78 is 22.2. The second-order valence-corrected chi connectivity index (χ2v) is 6.38. The molecule has 1 atom stereocenters. The van der Waals surface area contributed by atoms with Gasteiger partial charge in [-0.15, -0.1) is 0 Å². The van der Waals surface area contributed by atoms with Crippen LogP contribution >= 0.6 is 11.3 Å². The monoisotopic (exact) mass is 233 g/mol. The minimum absolute atomic E-state index is 0.0135. The minimum atomic E-state index is -2.90. The van der Waals surface area contributed by atoms with Crippen LogP contribution < -0.4 is 5.32 Å². The molecule has 1 unspecified atom stereocenters. The molecule has 3 nitrogen and oxygen atoms in total. The van der Waals surface area contributed by atoms with Crippen molar-refractivity contribution in [3.05, 3.63) is 22.4 Å². The van der Waals surface area contributed by atoms with Crippen LogP contribution in [-0.4, -0.2) is 33.5 Å². The first-order valence-corrected chi connectivity index (χ1v) is 7.37. The lowest BCUT2D eigenvalue weighted by Gasteiger charge is -2.13. The highest BCUT2D eigenvalue weighted by atomic mass is 32.2. The summed E-state index contributed by atoms with van der Waals surface area (Å²) in [7, 11) is -1.10. The highest BCUT2D eigenvalue weighted by molar-refractivity contribution is 7.90. The van der Waals surface area contributed by atoms with E-state index in [1.165, 1.54) is 11.8 Å². The smallest absolute Gasteiger partial charge is 0.148 e. The van der Waals surface area contributed by atoms with Crippen LogP contribution in [0, 0.1) is 0 Å². The van der Waals surface area contributed by atoms with E-state index in [2.05, 4.69) is 5.32 Å². The van der Waals surface area contributed by atoms with E-state index in [1.807, 2.05) is 16.8 Å². The van der Waals surface area contributed by atoms with Gasteiger partial charge in [0.1, 0.15) is 9.84 Å². The molecule has 0 saturated carbocycles. The quantitative estimate of drug-likeness (QED) is 0.823. The van der Waals surface area contributed by atoms with Gasteiger partial charge in [-0.05, 0) is 35.9 Å². The first-order valence-electron chi connectivity index (χ1n) is 4.37. The third-order valence-corrected chi connectivity index (χ3v) is 3.71. The van der Waals surface area contributed by atoms with Gasteiger partial charge in [-0.2, -0.15) is 11.3 Å². The Bertz CT molecular complexity index is 356. The molecule has 1 heterocycles. The predicted octanol–water partition coefficient (Wildman–Crippen LogP) is 0.923. The third-order valence-electron chi connectivity index (χ3n) is 1.97. The maximum Gasteiger partial charge on any atom is 0.148 e. The van der Waals surface area contributed by atoms with E-state index in [0.717, 1.165) is 6.42 Å². The maximum atomic E-state index is 11.1. The molecule has 1 aromatic heterocycles. The predicted molar refractivity (Wildman–Crippen MR) is 60.6 cm³/mol. The van der Waals surface area contributed by atoms with Crippen LogP contribution in [0.15, 0.2) is 16.8 Å². The fourth-order valence-electron chi connectivity index (χ4n) is 1.30. The van der Waals surface area contributed by atoms with Gasteiger partial charge < -0.3 is 5.32 Å². The molecule has 0 aliphatic carbocycles. The Morgan fingerprint density at radius 2 is 2.29 bits per heavy atom. The first kappa shape index (κ1) is 11.7. The first-order chi connectivity index (χ1) is 6.51. The molecule has 1 aromatic rings. The van der Waals surface area contributed by atoms with Gasteiger partial charge in [0.2, 0.25) is 0 Å². The van der Waals surface area contributed by atoms with Crippen molar-refractivity contribution in [2.75, 3.05) is 19.1 Å². The Hall–Kier alpha value is -0.390. The van der Waals surface area contributed by atoms with Gasteiger partial charge >= 0.3 is 0 Å². The van der Waals surface area contributed by atoms with Gasteiger partial charge in [0.25, 0.3) is 0 Å². The Labute approximate surface area is 89.1 Å². The summed E-state index contributed by atoms with van der Waals surface area (Å²) in [6, 6.07) is 2.04. The van der Waals surface area contributed by atoms with Crippen molar-refractivity contribution in [2.45, 2.75) is 12.5 Å². The normalized spacial score (nSPS) is 14.1. The number of nitrogens with one attached hydrogen (secondary N) is 1. The number of likely N-dealkylation sites (N-methyl/N-ethyl adjacent to an activating group) is 1. The lowest BCUT2D eigenvalue weighted by Crippen LogP contribution is -2.34. The summed E-state index contributed by atoms with van der Waals surface area (Å²) in [6.45, 7) is 0. The summed E-state index contributed by atoms with van der Waals surface area (Å²) in [5, 5.41) is 7.07. The topological polar surface area (TPSA) is 46.2 Å². The van der Waals surface area contributed by atoms with Crippen LogP contribution in [0.1, 0.15) is 5.56 Å². The molecule has 0 aromatic carbocycles. The zero-order valence-electron chi connectivity index (χ0n) is 8.36. The van der Waals surface area contributed by atoms with Crippen molar-refractivity contribution in [1.82, 2.24) is 5.32 Å². The van der Waals surface area contributed by atoms with E-state index in [1.54, 1.807) is 18.4 Å². The fraction of sp³-hybridized carbons (Fsp3) is 0.556. The van der Waals surface area contributed by atoms with E-state index in [4.69, 9.17) is 0 Å². The number of hydrogen-bond donors (Lipinski definition) is 1. The standard InChI is InChI=1S/C9H15NO2S2/c1-10-9(7-14(2,11)12)5-8-3-4-13-6-8/h3-4,6,9-10H,5,7H2,1-2H3. The molecule has 0 aliphatic rings. The lowest BCUT2D eigenvalue weighted by molar-refractivity contribution is 0.567. The number of thiophene rings is 1. The molecule has 0 fully saturated rings. The minimum Gasteiger partial charge on any atom is -0.316 e. The Balaban J connectivity index is 2.56. The van der Waals surface area contributed by atoms with Gasteiger partial charge in [-0.3, -0.25) is 0 Å². The van der Waals surface area contributed by atoms with E-state index in [-0.39, 0.29) is 11.8 Å². The fourth-order valence-corrected chi connectivity index (χ4v) is 3.00. The Morgan fingerprint density at radius 3 is 2.71 bits per heavy atom. The zero-order chi connectivity index (χ0) is 10.6. The van der Waals surface area contributed by atoms with E-state index in [0.29, 0.717) is 0 Å². The summed E-state index contributed by atoms with van der Waals surface area (Å²) in [5.41, 5.74) is 1.19. The second kappa shape index (κ2) is 4.91. The highest BCUT2D eigenvalue weighted by Crippen LogP contribution is 2.09. The summed E-state index contributed by atoms with van der Waals surface area (Å²) in [4.78, 5) is 0. The van der Waals surface area contributed by atoms with E-state index in [9.17, 15) is 8.42 Å². The highest BCUT2D eigenvalue weighted by Gasteiger charge is 2.13. The van der Waals surface area contributed by atoms with Crippen LogP contribution in [0.2, 0.25) is 0 Å². The molecule has 80 valence electrons. The van der Waals surface area contributed by atoms with Crippen molar-refractivity contribution < 1.29 is 8.42 Å². The molecule has 5 heteroatoms. The van der Waals surface area contributed by atoms with E-state index >= 15 is 0 Å². The Morgan fingerprint density at radius 1 is 1.57 bits per heavy atom.